The third kappa shape index (κ3) is 3.12. The van der Waals surface area contributed by atoms with Crippen molar-refractivity contribution >= 4 is 39.3 Å². The average Bonchev–Trinajstić information content (AvgIpc) is 3.16. The van der Waals surface area contributed by atoms with Gasteiger partial charge in [0.25, 0.3) is 0 Å². The number of anilines is 1. The minimum absolute atomic E-state index is 0.705. The van der Waals surface area contributed by atoms with Crippen molar-refractivity contribution in [3.8, 4) is 39.6 Å². The van der Waals surface area contributed by atoms with Crippen molar-refractivity contribution in [2.24, 2.45) is 0 Å². The lowest BCUT2D eigenvalue weighted by Gasteiger charge is -2.22. The monoisotopic (exact) mass is 494 g/mol. The molecule has 140 valence electrons. The molecule has 0 spiro atoms. The molecule has 0 atom stereocenters. The SMILES string of the molecule is COc1ccc(-c2c(OC)ccc3c2CCc2sc(NI)nc2-3)cc1OC. The largest absolute Gasteiger partial charge is 0.496 e. The van der Waals surface area contributed by atoms with Crippen LogP contribution in [0.3, 0.4) is 0 Å². The number of methoxy groups -OCH3 is 3. The molecule has 7 heteroatoms. The summed E-state index contributed by atoms with van der Waals surface area (Å²) in [7, 11) is 5.01. The summed E-state index contributed by atoms with van der Waals surface area (Å²) >= 11 is 3.85. The number of thiazole rings is 1. The lowest BCUT2D eigenvalue weighted by atomic mass is 9.86. The lowest BCUT2D eigenvalue weighted by Crippen LogP contribution is -2.05. The number of ether oxygens (including phenoxy) is 3. The maximum atomic E-state index is 5.71. The maximum Gasteiger partial charge on any atom is 0.192 e. The Labute approximate surface area is 176 Å². The Morgan fingerprint density at radius 1 is 0.963 bits per heavy atom. The Bertz CT molecular complexity index is 1000. The molecule has 0 radical (unpaired) electrons. The van der Waals surface area contributed by atoms with Crippen molar-refractivity contribution in [1.82, 2.24) is 4.98 Å². The summed E-state index contributed by atoms with van der Waals surface area (Å²) in [5, 5.41) is 0.942. The molecule has 1 heterocycles. The molecule has 0 bridgehead atoms. The molecule has 0 fully saturated rings. The predicted molar refractivity (Wildman–Crippen MR) is 118 cm³/mol. The number of rotatable bonds is 5. The Balaban J connectivity index is 1.93. The standard InChI is InChI=1S/C20H19IN2O3S/c1-24-14-7-4-11(10-16(14)26-3)18-12-6-9-17-19(22-20(23-21)27-17)13(12)5-8-15(18)25-2/h4-5,7-8,10H,6,9H2,1-3H3,(H,22,23). The summed E-state index contributed by atoms with van der Waals surface area (Å²) in [6.45, 7) is 0. The normalized spacial score (nSPS) is 12.1. The van der Waals surface area contributed by atoms with Crippen molar-refractivity contribution in [1.29, 1.82) is 0 Å². The number of benzene rings is 2. The highest BCUT2D eigenvalue weighted by Gasteiger charge is 2.26. The fourth-order valence-corrected chi connectivity index (χ4v) is 4.91. The molecule has 27 heavy (non-hydrogen) atoms. The molecule has 0 aliphatic heterocycles. The van der Waals surface area contributed by atoms with Crippen LogP contribution in [0.25, 0.3) is 22.4 Å². The summed E-state index contributed by atoms with van der Waals surface area (Å²) in [6, 6.07) is 10.1. The second-order valence-corrected chi connectivity index (χ2v) is 7.75. The van der Waals surface area contributed by atoms with Crippen molar-refractivity contribution in [3.05, 3.63) is 40.8 Å². The van der Waals surface area contributed by atoms with E-state index < -0.39 is 0 Å². The first kappa shape index (κ1) is 18.4. The average molecular weight is 494 g/mol. The van der Waals surface area contributed by atoms with Crippen molar-refractivity contribution in [3.63, 3.8) is 0 Å². The van der Waals surface area contributed by atoms with Crippen molar-refractivity contribution in [2.75, 3.05) is 24.9 Å². The summed E-state index contributed by atoms with van der Waals surface area (Å²) in [5.74, 6) is 2.27. The van der Waals surface area contributed by atoms with E-state index >= 15 is 0 Å². The molecule has 5 nitrogen and oxygen atoms in total. The van der Waals surface area contributed by atoms with Crippen LogP contribution in [0.15, 0.2) is 30.3 Å². The second-order valence-electron chi connectivity index (χ2n) is 6.12. The van der Waals surface area contributed by atoms with E-state index in [9.17, 15) is 0 Å². The summed E-state index contributed by atoms with van der Waals surface area (Å²) in [4.78, 5) is 6.10. The fraction of sp³-hybridized carbons (Fsp3) is 0.250. The summed E-state index contributed by atoms with van der Waals surface area (Å²) in [6.07, 6.45) is 1.93. The maximum absolute atomic E-state index is 5.71. The van der Waals surface area contributed by atoms with Gasteiger partial charge in [-0.2, -0.15) is 0 Å². The van der Waals surface area contributed by atoms with Crippen LogP contribution in [-0.2, 0) is 12.8 Å². The molecule has 0 saturated heterocycles. The second kappa shape index (κ2) is 7.55. The van der Waals surface area contributed by atoms with Crippen LogP contribution in [-0.4, -0.2) is 26.3 Å². The molecule has 0 saturated carbocycles. The zero-order chi connectivity index (χ0) is 19.0. The van der Waals surface area contributed by atoms with Gasteiger partial charge in [0.05, 0.1) is 49.9 Å². The number of nitrogens with one attached hydrogen (secondary N) is 1. The van der Waals surface area contributed by atoms with Crippen LogP contribution >= 0.6 is 34.2 Å². The number of fused-ring (bicyclic) bond motifs is 3. The fourth-order valence-electron chi connectivity index (χ4n) is 3.60. The van der Waals surface area contributed by atoms with Crippen LogP contribution in [0.5, 0.6) is 17.2 Å². The van der Waals surface area contributed by atoms with E-state index in [0.29, 0.717) is 11.5 Å². The first-order chi connectivity index (χ1) is 13.2. The molecule has 0 amide bonds. The molecule has 1 aromatic heterocycles. The molecule has 1 aliphatic carbocycles. The minimum Gasteiger partial charge on any atom is -0.496 e. The third-order valence-electron chi connectivity index (χ3n) is 4.80. The van der Waals surface area contributed by atoms with E-state index in [2.05, 4.69) is 32.5 Å². The quantitative estimate of drug-likeness (QED) is 0.382. The highest BCUT2D eigenvalue weighted by molar-refractivity contribution is 14.1. The Hall–Kier alpha value is -2.00. The molecular formula is C20H19IN2O3S. The van der Waals surface area contributed by atoms with Gasteiger partial charge in [0.1, 0.15) is 5.75 Å². The highest BCUT2D eigenvalue weighted by Crippen LogP contribution is 2.46. The van der Waals surface area contributed by atoms with Gasteiger partial charge in [-0.3, -0.25) is 0 Å². The van der Waals surface area contributed by atoms with Gasteiger partial charge >= 0.3 is 0 Å². The van der Waals surface area contributed by atoms with Gasteiger partial charge < -0.3 is 17.7 Å². The van der Waals surface area contributed by atoms with E-state index in [-0.39, 0.29) is 0 Å². The van der Waals surface area contributed by atoms with E-state index in [0.717, 1.165) is 40.5 Å². The number of nitrogens with zero attached hydrogens (tertiary/aromatic N) is 1. The third-order valence-corrected chi connectivity index (χ3v) is 6.71. The van der Waals surface area contributed by atoms with Gasteiger partial charge in [-0.1, -0.05) is 6.07 Å². The predicted octanol–water partition coefficient (Wildman–Crippen LogP) is 5.36. The number of hydrogen-bond donors (Lipinski definition) is 1. The van der Waals surface area contributed by atoms with E-state index in [1.807, 2.05) is 24.3 Å². The molecule has 3 aromatic rings. The Morgan fingerprint density at radius 3 is 2.41 bits per heavy atom. The number of halogens is 1. The zero-order valence-corrected chi connectivity index (χ0v) is 18.2. The van der Waals surface area contributed by atoms with E-state index in [1.165, 1.54) is 16.0 Å². The smallest absolute Gasteiger partial charge is 0.192 e. The number of aryl methyl sites for hydroxylation is 1. The number of hydrogen-bond acceptors (Lipinski definition) is 6. The molecule has 1 aliphatic rings. The lowest BCUT2D eigenvalue weighted by molar-refractivity contribution is 0.355. The minimum atomic E-state index is 0.705. The van der Waals surface area contributed by atoms with Gasteiger partial charge in [-0.25, -0.2) is 4.98 Å². The molecular weight excluding hydrogens is 475 g/mol. The Morgan fingerprint density at radius 2 is 1.70 bits per heavy atom. The van der Waals surface area contributed by atoms with Crippen molar-refractivity contribution < 1.29 is 14.2 Å². The molecule has 4 rings (SSSR count). The van der Waals surface area contributed by atoms with E-state index in [1.54, 1.807) is 32.7 Å². The molecule has 2 aromatic carbocycles. The topological polar surface area (TPSA) is 52.6 Å². The highest BCUT2D eigenvalue weighted by atomic mass is 127. The van der Waals surface area contributed by atoms with Crippen molar-refractivity contribution in [2.45, 2.75) is 12.8 Å². The zero-order valence-electron chi connectivity index (χ0n) is 15.3. The van der Waals surface area contributed by atoms with Crippen LogP contribution < -0.4 is 17.7 Å². The van der Waals surface area contributed by atoms with Crippen LogP contribution in [0.4, 0.5) is 5.13 Å². The van der Waals surface area contributed by atoms with Crippen LogP contribution in [0.2, 0.25) is 0 Å². The van der Waals surface area contributed by atoms with Gasteiger partial charge in [0.15, 0.2) is 16.6 Å². The summed E-state index contributed by atoms with van der Waals surface area (Å²) in [5.41, 5.74) is 5.66. The van der Waals surface area contributed by atoms with Gasteiger partial charge in [0.2, 0.25) is 0 Å². The first-order valence-electron chi connectivity index (χ1n) is 8.49. The Kier molecular flexibility index (Phi) is 5.14. The van der Waals surface area contributed by atoms with Gasteiger partial charge in [-0.15, -0.1) is 11.3 Å². The molecule has 0 unspecified atom stereocenters. The first-order valence-corrected chi connectivity index (χ1v) is 10.4. The van der Waals surface area contributed by atoms with Gasteiger partial charge in [0, 0.05) is 16.0 Å². The number of aromatic nitrogens is 1. The van der Waals surface area contributed by atoms with Crippen LogP contribution in [0, 0.1) is 0 Å². The summed E-state index contributed by atoms with van der Waals surface area (Å²) < 4.78 is 19.7. The van der Waals surface area contributed by atoms with E-state index in [4.69, 9.17) is 19.2 Å². The van der Waals surface area contributed by atoms with Crippen LogP contribution in [0.1, 0.15) is 10.4 Å². The molecule has 1 N–H and O–H groups in total. The van der Waals surface area contributed by atoms with Gasteiger partial charge in [-0.05, 0) is 48.2 Å².